The van der Waals surface area contributed by atoms with Gasteiger partial charge in [-0.1, -0.05) is 5.57 Å². The number of allylic oxidation sites excluding steroid dienone is 2. The number of carbonyl (C=O) groups excluding carboxylic acids is 1. The van der Waals surface area contributed by atoms with Crippen LogP contribution in [0, 0.1) is 5.92 Å². The van der Waals surface area contributed by atoms with Gasteiger partial charge in [-0.05, 0) is 62.0 Å². The van der Waals surface area contributed by atoms with Crippen molar-refractivity contribution in [1.29, 1.82) is 0 Å². The summed E-state index contributed by atoms with van der Waals surface area (Å²) in [5, 5.41) is 0. The number of ketones is 1. The van der Waals surface area contributed by atoms with E-state index in [1.165, 1.54) is 29.9 Å². The lowest BCUT2D eigenvalue weighted by atomic mass is 9.76. The Balaban J connectivity index is 1.71. The molecule has 100 valence electrons. The Hall–Kier alpha value is -0.280. The Bertz CT molecular complexity index is 350. The number of hydrogen-bond acceptors (Lipinski definition) is 3. The van der Waals surface area contributed by atoms with E-state index in [-0.39, 0.29) is 5.60 Å². The molecule has 0 aromatic carbocycles. The van der Waals surface area contributed by atoms with Crippen LogP contribution < -0.4 is 0 Å². The molecule has 2 aliphatic heterocycles. The van der Waals surface area contributed by atoms with Gasteiger partial charge in [0.25, 0.3) is 0 Å². The van der Waals surface area contributed by atoms with Gasteiger partial charge < -0.3 is 4.74 Å². The van der Waals surface area contributed by atoms with E-state index in [4.69, 9.17) is 4.74 Å². The maximum atomic E-state index is 11.6. The van der Waals surface area contributed by atoms with Crippen LogP contribution in [0.2, 0.25) is 0 Å². The molecule has 3 rings (SSSR count). The molecule has 0 bridgehead atoms. The quantitative estimate of drug-likeness (QED) is 0.728. The third kappa shape index (κ3) is 2.67. The summed E-state index contributed by atoms with van der Waals surface area (Å²) in [5.41, 5.74) is 1.57. The fourth-order valence-electron chi connectivity index (χ4n) is 3.58. The molecule has 1 spiro atoms. The Morgan fingerprint density at radius 3 is 2.89 bits per heavy atom. The fourth-order valence-corrected chi connectivity index (χ4v) is 4.81. The van der Waals surface area contributed by atoms with Crippen LogP contribution in [-0.4, -0.2) is 29.5 Å². The molecule has 2 heterocycles. The van der Waals surface area contributed by atoms with Gasteiger partial charge in [-0.3, -0.25) is 4.79 Å². The number of carbonyl (C=O) groups is 1. The van der Waals surface area contributed by atoms with Crippen molar-refractivity contribution in [3.05, 3.63) is 11.6 Å². The van der Waals surface area contributed by atoms with Crippen molar-refractivity contribution in [3.63, 3.8) is 0 Å². The molecule has 0 N–H and O–H groups in total. The molecular formula is C15H22O2S. The standard InChI is InChI=1S/C15H22O2S/c16-14-3-1-2-12(10-14)13-4-7-17-15(11-13)5-8-18-9-6-15/h10,13H,1-9,11H2. The first-order chi connectivity index (χ1) is 8.77. The highest BCUT2D eigenvalue weighted by molar-refractivity contribution is 7.99. The Labute approximate surface area is 114 Å². The second-order valence-corrected chi connectivity index (χ2v) is 7.10. The number of rotatable bonds is 1. The van der Waals surface area contributed by atoms with Gasteiger partial charge in [-0.15, -0.1) is 0 Å². The summed E-state index contributed by atoms with van der Waals surface area (Å²) in [6, 6.07) is 0. The topological polar surface area (TPSA) is 26.3 Å². The second-order valence-electron chi connectivity index (χ2n) is 5.87. The van der Waals surface area contributed by atoms with E-state index in [0.29, 0.717) is 11.7 Å². The van der Waals surface area contributed by atoms with E-state index < -0.39 is 0 Å². The van der Waals surface area contributed by atoms with Crippen molar-refractivity contribution in [2.75, 3.05) is 18.1 Å². The summed E-state index contributed by atoms with van der Waals surface area (Å²) in [6.45, 7) is 0.890. The molecular weight excluding hydrogens is 244 g/mol. The first-order valence-corrected chi connectivity index (χ1v) is 8.38. The summed E-state index contributed by atoms with van der Waals surface area (Å²) < 4.78 is 6.13. The molecule has 2 fully saturated rings. The predicted molar refractivity (Wildman–Crippen MR) is 74.9 cm³/mol. The largest absolute Gasteiger partial charge is 0.375 e. The highest BCUT2D eigenvalue weighted by atomic mass is 32.2. The molecule has 1 unspecified atom stereocenters. The molecule has 0 aromatic rings. The second kappa shape index (κ2) is 5.38. The fraction of sp³-hybridized carbons (Fsp3) is 0.800. The first kappa shape index (κ1) is 12.7. The maximum absolute atomic E-state index is 11.6. The van der Waals surface area contributed by atoms with Crippen molar-refractivity contribution < 1.29 is 9.53 Å². The monoisotopic (exact) mass is 266 g/mol. The van der Waals surface area contributed by atoms with E-state index in [9.17, 15) is 4.79 Å². The van der Waals surface area contributed by atoms with E-state index in [0.717, 1.165) is 38.7 Å². The highest BCUT2D eigenvalue weighted by Crippen LogP contribution is 2.43. The highest BCUT2D eigenvalue weighted by Gasteiger charge is 2.39. The zero-order valence-electron chi connectivity index (χ0n) is 11.0. The molecule has 0 saturated carbocycles. The van der Waals surface area contributed by atoms with Gasteiger partial charge in [-0.2, -0.15) is 11.8 Å². The molecule has 1 aliphatic carbocycles. The third-order valence-electron chi connectivity index (χ3n) is 4.66. The van der Waals surface area contributed by atoms with Crippen LogP contribution in [0.4, 0.5) is 0 Å². The molecule has 0 radical (unpaired) electrons. The van der Waals surface area contributed by atoms with Crippen LogP contribution in [0.5, 0.6) is 0 Å². The Kier molecular flexibility index (Phi) is 3.81. The Morgan fingerprint density at radius 1 is 1.28 bits per heavy atom. The van der Waals surface area contributed by atoms with Crippen LogP contribution in [0.15, 0.2) is 11.6 Å². The van der Waals surface area contributed by atoms with Gasteiger partial charge in [-0.25, -0.2) is 0 Å². The number of thioether (sulfide) groups is 1. The van der Waals surface area contributed by atoms with Gasteiger partial charge in [0.05, 0.1) is 5.60 Å². The van der Waals surface area contributed by atoms with E-state index >= 15 is 0 Å². The van der Waals surface area contributed by atoms with E-state index in [1.54, 1.807) is 0 Å². The van der Waals surface area contributed by atoms with E-state index in [1.807, 2.05) is 6.08 Å². The molecule has 2 nitrogen and oxygen atoms in total. The SMILES string of the molecule is O=C1C=C(C2CCOC3(CCSCC3)C2)CCC1. The molecule has 0 amide bonds. The van der Waals surface area contributed by atoms with Crippen molar-refractivity contribution in [3.8, 4) is 0 Å². The lowest BCUT2D eigenvalue weighted by molar-refractivity contribution is -0.115. The zero-order chi connectivity index (χ0) is 12.4. The lowest BCUT2D eigenvalue weighted by Crippen LogP contribution is -2.43. The van der Waals surface area contributed by atoms with Crippen molar-refractivity contribution >= 4 is 17.5 Å². The molecule has 2 saturated heterocycles. The van der Waals surface area contributed by atoms with E-state index in [2.05, 4.69) is 11.8 Å². The molecule has 18 heavy (non-hydrogen) atoms. The third-order valence-corrected chi connectivity index (χ3v) is 5.64. The number of hydrogen-bond donors (Lipinski definition) is 0. The minimum atomic E-state index is 0.148. The smallest absolute Gasteiger partial charge is 0.155 e. The molecule has 3 aliphatic rings. The van der Waals surface area contributed by atoms with Crippen LogP contribution in [-0.2, 0) is 9.53 Å². The minimum absolute atomic E-state index is 0.148. The number of ether oxygens (including phenoxy) is 1. The predicted octanol–water partition coefficient (Wildman–Crippen LogP) is 3.36. The average molecular weight is 266 g/mol. The van der Waals surface area contributed by atoms with Gasteiger partial charge in [0.15, 0.2) is 5.78 Å². The zero-order valence-corrected chi connectivity index (χ0v) is 11.8. The van der Waals surface area contributed by atoms with Crippen molar-refractivity contribution in [2.24, 2.45) is 5.92 Å². The summed E-state index contributed by atoms with van der Waals surface area (Å²) in [5.74, 6) is 3.44. The Morgan fingerprint density at radius 2 is 2.11 bits per heavy atom. The average Bonchev–Trinajstić information content (AvgIpc) is 2.40. The molecule has 0 aromatic heterocycles. The summed E-state index contributed by atoms with van der Waals surface area (Å²) >= 11 is 2.05. The van der Waals surface area contributed by atoms with Gasteiger partial charge in [0, 0.05) is 13.0 Å². The first-order valence-electron chi connectivity index (χ1n) is 7.22. The maximum Gasteiger partial charge on any atom is 0.155 e. The van der Waals surface area contributed by atoms with Gasteiger partial charge in [0.2, 0.25) is 0 Å². The lowest BCUT2D eigenvalue weighted by Gasteiger charge is -2.44. The normalized spacial score (nSPS) is 32.3. The molecule has 1 atom stereocenters. The van der Waals surface area contributed by atoms with Crippen LogP contribution in [0.3, 0.4) is 0 Å². The summed E-state index contributed by atoms with van der Waals surface area (Å²) in [7, 11) is 0. The van der Waals surface area contributed by atoms with Crippen molar-refractivity contribution in [2.45, 2.75) is 50.5 Å². The minimum Gasteiger partial charge on any atom is -0.375 e. The van der Waals surface area contributed by atoms with Crippen LogP contribution >= 0.6 is 11.8 Å². The van der Waals surface area contributed by atoms with Gasteiger partial charge in [0.1, 0.15) is 0 Å². The summed E-state index contributed by atoms with van der Waals surface area (Å²) in [4.78, 5) is 11.6. The van der Waals surface area contributed by atoms with Crippen LogP contribution in [0.25, 0.3) is 0 Å². The van der Waals surface area contributed by atoms with Gasteiger partial charge >= 0.3 is 0 Å². The summed E-state index contributed by atoms with van der Waals surface area (Å²) in [6.07, 6.45) is 9.59. The van der Waals surface area contributed by atoms with Crippen LogP contribution in [0.1, 0.15) is 44.9 Å². The molecule has 3 heteroatoms. The van der Waals surface area contributed by atoms with Crippen molar-refractivity contribution in [1.82, 2.24) is 0 Å².